The van der Waals surface area contributed by atoms with E-state index in [1.807, 2.05) is 25.1 Å². The minimum Gasteiger partial charge on any atom is -0.332 e. The molecule has 4 nitrogen and oxygen atoms in total. The molecule has 0 aliphatic rings. The summed E-state index contributed by atoms with van der Waals surface area (Å²) in [6.07, 6.45) is 0. The van der Waals surface area contributed by atoms with Crippen molar-refractivity contribution in [3.8, 4) is 6.07 Å². The van der Waals surface area contributed by atoms with Gasteiger partial charge in [-0.3, -0.25) is 4.79 Å². The SMILES string of the molecule is CN(C)CCN(Cc1cccc(C#N)c1)C(=O)c1sccc1SC(F)F. The standard InChI is InChI=1S/C18H19F2N3OS2/c1-22(2)7-8-23(12-14-5-3-4-13(10-14)11-21)17(24)16-15(6-9-25-16)26-18(19)20/h3-6,9-10,18H,7-8,12H2,1-2H3. The molecule has 26 heavy (non-hydrogen) atoms. The summed E-state index contributed by atoms with van der Waals surface area (Å²) in [4.78, 5) is 17.2. The topological polar surface area (TPSA) is 47.3 Å². The van der Waals surface area contributed by atoms with Gasteiger partial charge in [0.1, 0.15) is 4.88 Å². The van der Waals surface area contributed by atoms with Crippen molar-refractivity contribution in [3.63, 3.8) is 0 Å². The average Bonchev–Trinajstić information content (AvgIpc) is 3.05. The van der Waals surface area contributed by atoms with Crippen LogP contribution in [0.4, 0.5) is 8.78 Å². The largest absolute Gasteiger partial charge is 0.332 e. The summed E-state index contributed by atoms with van der Waals surface area (Å²) in [5.74, 6) is -2.84. The molecule has 0 bridgehead atoms. The van der Waals surface area contributed by atoms with Crippen LogP contribution < -0.4 is 0 Å². The Kier molecular flexibility index (Phi) is 7.57. The van der Waals surface area contributed by atoms with Crippen LogP contribution in [0.25, 0.3) is 0 Å². The van der Waals surface area contributed by atoms with E-state index >= 15 is 0 Å². The number of nitriles is 1. The third-order valence-electron chi connectivity index (χ3n) is 3.57. The van der Waals surface area contributed by atoms with Gasteiger partial charge in [-0.25, -0.2) is 0 Å². The molecular weight excluding hydrogens is 376 g/mol. The number of amides is 1. The highest BCUT2D eigenvalue weighted by molar-refractivity contribution is 7.99. The predicted molar refractivity (Wildman–Crippen MR) is 101 cm³/mol. The van der Waals surface area contributed by atoms with E-state index in [0.717, 1.165) is 5.56 Å². The van der Waals surface area contributed by atoms with Gasteiger partial charge in [0.25, 0.3) is 11.7 Å². The number of thioether (sulfide) groups is 1. The van der Waals surface area contributed by atoms with E-state index < -0.39 is 5.76 Å². The van der Waals surface area contributed by atoms with Gasteiger partial charge in [-0.15, -0.1) is 11.3 Å². The highest BCUT2D eigenvalue weighted by atomic mass is 32.2. The zero-order valence-corrected chi connectivity index (χ0v) is 16.1. The van der Waals surface area contributed by atoms with Gasteiger partial charge in [0.05, 0.1) is 11.6 Å². The summed E-state index contributed by atoms with van der Waals surface area (Å²) in [5, 5.41) is 10.7. The molecule has 8 heteroatoms. The number of hydrogen-bond donors (Lipinski definition) is 0. The molecule has 0 unspecified atom stereocenters. The summed E-state index contributed by atoms with van der Waals surface area (Å²) in [6, 6.07) is 10.7. The first-order valence-corrected chi connectivity index (χ1v) is 9.62. The van der Waals surface area contributed by atoms with Crippen molar-refractivity contribution >= 4 is 29.0 Å². The number of carbonyl (C=O) groups is 1. The van der Waals surface area contributed by atoms with E-state index in [4.69, 9.17) is 5.26 Å². The monoisotopic (exact) mass is 395 g/mol. The highest BCUT2D eigenvalue weighted by Gasteiger charge is 2.22. The Hall–Kier alpha value is -1.95. The highest BCUT2D eigenvalue weighted by Crippen LogP contribution is 2.33. The lowest BCUT2D eigenvalue weighted by atomic mass is 10.1. The molecule has 1 aromatic carbocycles. The summed E-state index contributed by atoms with van der Waals surface area (Å²) in [5.41, 5.74) is 1.35. The molecule has 0 N–H and O–H groups in total. The molecule has 1 amide bonds. The third kappa shape index (κ3) is 5.80. The van der Waals surface area contributed by atoms with Gasteiger partial charge < -0.3 is 9.80 Å². The van der Waals surface area contributed by atoms with Gasteiger partial charge >= 0.3 is 0 Å². The number of benzene rings is 1. The van der Waals surface area contributed by atoms with Crippen molar-refractivity contribution in [2.45, 2.75) is 17.2 Å². The Morgan fingerprint density at radius 3 is 2.73 bits per heavy atom. The molecule has 0 saturated heterocycles. The average molecular weight is 396 g/mol. The fourth-order valence-corrected chi connectivity index (χ4v) is 3.98. The van der Waals surface area contributed by atoms with Gasteiger partial charge in [-0.2, -0.15) is 14.0 Å². The van der Waals surface area contributed by atoms with Crippen LogP contribution in [-0.4, -0.2) is 48.6 Å². The van der Waals surface area contributed by atoms with E-state index in [1.165, 1.54) is 11.3 Å². The van der Waals surface area contributed by atoms with Crippen LogP contribution in [0.2, 0.25) is 0 Å². The molecule has 1 aromatic heterocycles. The zero-order chi connectivity index (χ0) is 19.1. The minimum atomic E-state index is -2.57. The predicted octanol–water partition coefficient (Wildman–Crippen LogP) is 4.14. The quantitative estimate of drug-likeness (QED) is 0.631. The smallest absolute Gasteiger partial charge is 0.288 e. The van der Waals surface area contributed by atoms with Crippen LogP contribution >= 0.6 is 23.1 Å². The molecule has 1 heterocycles. The van der Waals surface area contributed by atoms with E-state index in [1.54, 1.807) is 34.5 Å². The molecule has 0 radical (unpaired) electrons. The van der Waals surface area contributed by atoms with Crippen molar-refractivity contribution in [1.29, 1.82) is 5.26 Å². The maximum atomic E-state index is 13.0. The van der Waals surface area contributed by atoms with E-state index in [0.29, 0.717) is 46.7 Å². The number of thiophene rings is 1. The Morgan fingerprint density at radius 2 is 2.08 bits per heavy atom. The van der Waals surface area contributed by atoms with Crippen LogP contribution in [0.3, 0.4) is 0 Å². The summed E-state index contributed by atoms with van der Waals surface area (Å²) in [7, 11) is 3.81. The molecule has 0 aliphatic carbocycles. The molecule has 138 valence electrons. The molecule has 0 saturated carbocycles. The molecule has 0 atom stereocenters. The second-order valence-electron chi connectivity index (χ2n) is 5.83. The zero-order valence-electron chi connectivity index (χ0n) is 14.5. The first-order chi connectivity index (χ1) is 12.4. The number of halogens is 2. The van der Waals surface area contributed by atoms with Crippen LogP contribution in [-0.2, 0) is 6.54 Å². The van der Waals surface area contributed by atoms with Crippen LogP contribution in [0.5, 0.6) is 0 Å². The molecule has 2 aromatic rings. The van der Waals surface area contributed by atoms with Gasteiger partial charge in [-0.05, 0) is 43.2 Å². The molecular formula is C18H19F2N3OS2. The van der Waals surface area contributed by atoms with Crippen molar-refractivity contribution in [2.24, 2.45) is 0 Å². The van der Waals surface area contributed by atoms with Crippen LogP contribution in [0, 0.1) is 11.3 Å². The van der Waals surface area contributed by atoms with Gasteiger partial charge in [0, 0.05) is 24.5 Å². The summed E-state index contributed by atoms with van der Waals surface area (Å²) >= 11 is 1.56. The molecule has 2 rings (SSSR count). The fraction of sp³-hybridized carbons (Fsp3) is 0.333. The Balaban J connectivity index is 2.24. The number of likely N-dealkylation sites (N-methyl/N-ethyl adjacent to an activating group) is 1. The molecule has 0 fully saturated rings. The first-order valence-electron chi connectivity index (χ1n) is 7.86. The van der Waals surface area contributed by atoms with E-state index in [9.17, 15) is 13.6 Å². The van der Waals surface area contributed by atoms with Crippen molar-refractivity contribution in [2.75, 3.05) is 27.2 Å². The Labute approximate surface area is 160 Å². The maximum absolute atomic E-state index is 13.0. The van der Waals surface area contributed by atoms with Crippen molar-refractivity contribution in [1.82, 2.24) is 9.80 Å². The van der Waals surface area contributed by atoms with Crippen LogP contribution in [0.1, 0.15) is 20.8 Å². The number of nitrogens with zero attached hydrogens (tertiary/aromatic N) is 3. The second-order valence-corrected chi connectivity index (χ2v) is 7.78. The van der Waals surface area contributed by atoms with E-state index in [2.05, 4.69) is 6.07 Å². The summed E-state index contributed by atoms with van der Waals surface area (Å²) < 4.78 is 25.5. The lowest BCUT2D eigenvalue weighted by Gasteiger charge is -2.24. The molecule has 0 spiro atoms. The number of alkyl halides is 2. The fourth-order valence-electron chi connectivity index (χ4n) is 2.32. The number of rotatable bonds is 8. The van der Waals surface area contributed by atoms with Gasteiger partial charge in [0.15, 0.2) is 0 Å². The molecule has 0 aliphatic heterocycles. The number of hydrogen-bond acceptors (Lipinski definition) is 5. The Bertz CT molecular complexity index is 787. The lowest BCUT2D eigenvalue weighted by molar-refractivity contribution is 0.0733. The lowest BCUT2D eigenvalue weighted by Crippen LogP contribution is -2.36. The number of carbonyl (C=O) groups excluding carboxylic acids is 1. The van der Waals surface area contributed by atoms with Crippen molar-refractivity contribution < 1.29 is 13.6 Å². The maximum Gasteiger partial charge on any atom is 0.288 e. The van der Waals surface area contributed by atoms with Gasteiger partial charge in [0.2, 0.25) is 0 Å². The van der Waals surface area contributed by atoms with Crippen molar-refractivity contribution in [3.05, 3.63) is 51.7 Å². The van der Waals surface area contributed by atoms with E-state index in [-0.39, 0.29) is 5.91 Å². The third-order valence-corrected chi connectivity index (χ3v) is 5.38. The summed E-state index contributed by atoms with van der Waals surface area (Å²) in [6.45, 7) is 1.42. The van der Waals surface area contributed by atoms with Gasteiger partial charge in [-0.1, -0.05) is 23.9 Å². The second kappa shape index (κ2) is 9.67. The van der Waals surface area contributed by atoms with Crippen LogP contribution in [0.15, 0.2) is 40.6 Å². The Morgan fingerprint density at radius 1 is 1.31 bits per heavy atom. The first kappa shape index (κ1) is 20.4. The normalized spacial score (nSPS) is 11.0. The minimum absolute atomic E-state index is 0.271.